The number of piperidine rings is 1. The minimum atomic E-state index is -0.542. The highest BCUT2D eigenvalue weighted by Crippen LogP contribution is 2.15. The van der Waals surface area contributed by atoms with Gasteiger partial charge in [0.15, 0.2) is 0 Å². The lowest BCUT2D eigenvalue weighted by Crippen LogP contribution is -2.45. The topological polar surface area (TPSA) is 49.8 Å². The molecule has 0 radical (unpaired) electrons. The quantitative estimate of drug-likeness (QED) is 0.769. The maximum atomic E-state index is 11.0. The molecule has 1 heterocycles. The van der Waals surface area contributed by atoms with E-state index in [4.69, 9.17) is 4.74 Å². The van der Waals surface area contributed by atoms with Crippen molar-refractivity contribution in [2.45, 2.75) is 38.0 Å². The first-order valence-electron chi connectivity index (χ1n) is 7.28. The van der Waals surface area contributed by atoms with E-state index in [0.29, 0.717) is 19.8 Å². The van der Waals surface area contributed by atoms with Crippen LogP contribution >= 0.6 is 0 Å². The Hall–Kier alpha value is -1.23. The van der Waals surface area contributed by atoms with Crippen LogP contribution in [0.25, 0.3) is 0 Å². The number of hydrogen-bond donors (Lipinski definition) is 1. The van der Waals surface area contributed by atoms with Crippen molar-refractivity contribution in [3.8, 4) is 0 Å². The molecule has 1 aromatic carbocycles. The summed E-state index contributed by atoms with van der Waals surface area (Å²) in [5.41, 5.74) is 1.10. The number of β-amino-alcohol motifs (C(OH)–C–C–N with tert-alkyl or cyclic N) is 1. The van der Waals surface area contributed by atoms with Gasteiger partial charge in [-0.15, -0.1) is 0 Å². The van der Waals surface area contributed by atoms with Crippen molar-refractivity contribution in [2.24, 2.45) is 0 Å². The number of hydrogen-bond acceptors (Lipinski definition) is 4. The van der Waals surface area contributed by atoms with E-state index in [2.05, 4.69) is 4.90 Å². The molecule has 2 unspecified atom stereocenters. The zero-order chi connectivity index (χ0) is 14.2. The van der Waals surface area contributed by atoms with Crippen molar-refractivity contribution in [3.63, 3.8) is 0 Å². The number of benzene rings is 1. The summed E-state index contributed by atoms with van der Waals surface area (Å²) >= 11 is 0. The molecule has 2 rings (SSSR count). The molecule has 4 nitrogen and oxygen atoms in total. The number of carbonyl (C=O) groups excluding carboxylic acids is 1. The fourth-order valence-corrected chi connectivity index (χ4v) is 2.61. The minimum Gasteiger partial charge on any atom is -0.389 e. The molecule has 1 saturated heterocycles. The highest BCUT2D eigenvalue weighted by atomic mass is 16.5. The van der Waals surface area contributed by atoms with E-state index in [1.807, 2.05) is 30.3 Å². The molecule has 1 fully saturated rings. The van der Waals surface area contributed by atoms with E-state index in [0.717, 1.165) is 37.7 Å². The maximum absolute atomic E-state index is 11.0. The Bertz CT molecular complexity index is 396. The Morgan fingerprint density at radius 3 is 2.90 bits per heavy atom. The SMILES string of the molecule is O=CC1CCCCN1CC(O)COCc1ccccc1. The Balaban J connectivity index is 1.69. The number of aldehydes is 1. The number of nitrogens with zero attached hydrogens (tertiary/aromatic N) is 1. The van der Waals surface area contributed by atoms with Crippen molar-refractivity contribution in [2.75, 3.05) is 19.7 Å². The molecule has 20 heavy (non-hydrogen) atoms. The molecule has 1 aliphatic heterocycles. The molecule has 0 aliphatic carbocycles. The van der Waals surface area contributed by atoms with Gasteiger partial charge in [0, 0.05) is 6.54 Å². The van der Waals surface area contributed by atoms with Crippen molar-refractivity contribution in [1.82, 2.24) is 4.90 Å². The number of aliphatic hydroxyl groups is 1. The Morgan fingerprint density at radius 2 is 2.15 bits per heavy atom. The first-order valence-corrected chi connectivity index (χ1v) is 7.28. The second-order valence-electron chi connectivity index (χ2n) is 5.35. The maximum Gasteiger partial charge on any atom is 0.137 e. The van der Waals surface area contributed by atoms with Crippen LogP contribution in [0.2, 0.25) is 0 Å². The summed E-state index contributed by atoms with van der Waals surface area (Å²) in [6, 6.07) is 9.87. The Morgan fingerprint density at radius 1 is 1.35 bits per heavy atom. The molecule has 0 aromatic heterocycles. The smallest absolute Gasteiger partial charge is 0.137 e. The molecular formula is C16H23NO3. The zero-order valence-electron chi connectivity index (χ0n) is 11.8. The molecule has 0 bridgehead atoms. The van der Waals surface area contributed by atoms with Gasteiger partial charge in [-0.2, -0.15) is 0 Å². The first kappa shape index (κ1) is 15.2. The molecule has 0 amide bonds. The Labute approximate surface area is 120 Å². The average molecular weight is 277 g/mol. The third-order valence-electron chi connectivity index (χ3n) is 3.69. The van der Waals surface area contributed by atoms with Crippen LogP contribution < -0.4 is 0 Å². The van der Waals surface area contributed by atoms with Crippen LogP contribution in [0.4, 0.5) is 0 Å². The monoisotopic (exact) mass is 277 g/mol. The summed E-state index contributed by atoms with van der Waals surface area (Å²) in [4.78, 5) is 13.1. The van der Waals surface area contributed by atoms with Crippen LogP contribution in [0.15, 0.2) is 30.3 Å². The second-order valence-corrected chi connectivity index (χ2v) is 5.35. The Kier molecular flexibility index (Phi) is 6.18. The molecule has 1 N–H and O–H groups in total. The van der Waals surface area contributed by atoms with Crippen molar-refractivity contribution in [3.05, 3.63) is 35.9 Å². The highest BCUT2D eigenvalue weighted by Gasteiger charge is 2.23. The van der Waals surface area contributed by atoms with Crippen LogP contribution in [-0.2, 0) is 16.1 Å². The van der Waals surface area contributed by atoms with Gasteiger partial charge in [0.05, 0.1) is 25.4 Å². The lowest BCUT2D eigenvalue weighted by atomic mass is 10.0. The summed E-state index contributed by atoms with van der Waals surface area (Å²) in [6.07, 6.45) is 3.56. The predicted octanol–water partition coefficient (Wildman–Crippen LogP) is 1.62. The summed E-state index contributed by atoms with van der Waals surface area (Å²) in [5.74, 6) is 0. The molecule has 0 spiro atoms. The van der Waals surface area contributed by atoms with Gasteiger partial charge < -0.3 is 14.6 Å². The largest absolute Gasteiger partial charge is 0.389 e. The van der Waals surface area contributed by atoms with E-state index in [9.17, 15) is 9.90 Å². The van der Waals surface area contributed by atoms with Crippen LogP contribution in [0.3, 0.4) is 0 Å². The van der Waals surface area contributed by atoms with Crippen LogP contribution in [0.5, 0.6) is 0 Å². The van der Waals surface area contributed by atoms with E-state index in [1.165, 1.54) is 0 Å². The van der Waals surface area contributed by atoms with Gasteiger partial charge in [-0.25, -0.2) is 0 Å². The number of carbonyl (C=O) groups is 1. The summed E-state index contributed by atoms with van der Waals surface area (Å²) < 4.78 is 5.53. The standard InChI is InChI=1S/C16H23NO3/c18-11-15-8-4-5-9-17(15)10-16(19)13-20-12-14-6-2-1-3-7-14/h1-3,6-7,11,15-16,19H,4-5,8-10,12-13H2. The van der Waals surface area contributed by atoms with Gasteiger partial charge in [-0.05, 0) is 24.9 Å². The molecule has 110 valence electrons. The molecule has 2 atom stereocenters. The van der Waals surface area contributed by atoms with Gasteiger partial charge in [-0.1, -0.05) is 36.8 Å². The molecule has 0 saturated carbocycles. The number of likely N-dealkylation sites (tertiary alicyclic amines) is 1. The fourth-order valence-electron chi connectivity index (χ4n) is 2.61. The van der Waals surface area contributed by atoms with Gasteiger partial charge >= 0.3 is 0 Å². The predicted molar refractivity (Wildman–Crippen MR) is 77.4 cm³/mol. The van der Waals surface area contributed by atoms with Crippen molar-refractivity contribution < 1.29 is 14.6 Å². The van der Waals surface area contributed by atoms with Gasteiger partial charge in [0.1, 0.15) is 6.29 Å². The second kappa shape index (κ2) is 8.15. The number of ether oxygens (including phenoxy) is 1. The van der Waals surface area contributed by atoms with E-state index in [-0.39, 0.29) is 6.04 Å². The lowest BCUT2D eigenvalue weighted by molar-refractivity contribution is -0.114. The zero-order valence-corrected chi connectivity index (χ0v) is 11.8. The summed E-state index contributed by atoms with van der Waals surface area (Å²) in [7, 11) is 0. The fraction of sp³-hybridized carbons (Fsp3) is 0.562. The van der Waals surface area contributed by atoms with E-state index >= 15 is 0 Å². The highest BCUT2D eigenvalue weighted by molar-refractivity contribution is 5.57. The number of aliphatic hydroxyl groups excluding tert-OH is 1. The van der Waals surface area contributed by atoms with E-state index < -0.39 is 6.10 Å². The molecule has 4 heteroatoms. The van der Waals surface area contributed by atoms with E-state index in [1.54, 1.807) is 0 Å². The average Bonchev–Trinajstić information content (AvgIpc) is 2.49. The third-order valence-corrected chi connectivity index (χ3v) is 3.69. The molecule has 1 aliphatic rings. The van der Waals surface area contributed by atoms with Crippen molar-refractivity contribution in [1.29, 1.82) is 0 Å². The van der Waals surface area contributed by atoms with Gasteiger partial charge in [0.25, 0.3) is 0 Å². The number of rotatable bonds is 7. The minimum absolute atomic E-state index is 0.0347. The van der Waals surface area contributed by atoms with Crippen LogP contribution in [0.1, 0.15) is 24.8 Å². The normalized spacial score (nSPS) is 21.6. The van der Waals surface area contributed by atoms with Crippen LogP contribution in [0, 0.1) is 0 Å². The van der Waals surface area contributed by atoms with Gasteiger partial charge in [-0.3, -0.25) is 4.90 Å². The van der Waals surface area contributed by atoms with Crippen LogP contribution in [-0.4, -0.2) is 48.1 Å². The first-order chi connectivity index (χ1) is 9.79. The van der Waals surface area contributed by atoms with Crippen molar-refractivity contribution >= 4 is 6.29 Å². The third kappa shape index (κ3) is 4.71. The molecule has 1 aromatic rings. The van der Waals surface area contributed by atoms with Gasteiger partial charge in [0.2, 0.25) is 0 Å². The lowest BCUT2D eigenvalue weighted by Gasteiger charge is -2.33. The summed E-state index contributed by atoms with van der Waals surface area (Å²) in [6.45, 7) is 2.21. The molecular weight excluding hydrogens is 254 g/mol. The summed E-state index contributed by atoms with van der Waals surface area (Å²) in [5, 5.41) is 10.0.